The summed E-state index contributed by atoms with van der Waals surface area (Å²) < 4.78 is 11.2. The molecule has 2 heterocycles. The van der Waals surface area contributed by atoms with E-state index in [4.69, 9.17) is 9.26 Å². The second kappa shape index (κ2) is 8.48. The number of nitrogens with zero attached hydrogens (tertiary/aromatic N) is 3. The third-order valence-electron chi connectivity index (χ3n) is 6.52. The lowest BCUT2D eigenvalue weighted by molar-refractivity contribution is 0.0972. The third-order valence-corrected chi connectivity index (χ3v) is 6.52. The van der Waals surface area contributed by atoms with Crippen LogP contribution in [-0.4, -0.2) is 27.5 Å². The summed E-state index contributed by atoms with van der Waals surface area (Å²) in [7, 11) is 0. The average molecular weight is 410 g/mol. The molecule has 3 saturated carbocycles. The number of hydrogen-bond donors (Lipinski definition) is 0. The fraction of sp³-hybridized carbons (Fsp3) is 0.667. The van der Waals surface area contributed by atoms with E-state index in [1.165, 1.54) is 44.1 Å². The van der Waals surface area contributed by atoms with Gasteiger partial charge in [-0.2, -0.15) is 4.98 Å². The number of ether oxygens (including phenoxy) is 1. The zero-order chi connectivity index (χ0) is 20.5. The molecule has 0 bridgehead atoms. The highest BCUT2D eigenvalue weighted by Crippen LogP contribution is 2.44. The topological polar surface area (TPSA) is 78.1 Å². The Labute approximate surface area is 177 Å². The predicted octanol–water partition coefficient (Wildman–Crippen LogP) is 5.38. The molecule has 5 rings (SSSR count). The summed E-state index contributed by atoms with van der Waals surface area (Å²) in [6.45, 7) is 2.56. The lowest BCUT2D eigenvalue weighted by atomic mass is 9.94. The first-order chi connectivity index (χ1) is 14.7. The average Bonchev–Trinajstić information content (AvgIpc) is 3.59. The first-order valence-electron chi connectivity index (χ1n) is 11.6. The minimum Gasteiger partial charge on any atom is -0.477 e. The molecule has 1 atom stereocenters. The van der Waals surface area contributed by atoms with Gasteiger partial charge in [0.05, 0.1) is 6.61 Å². The monoisotopic (exact) mass is 409 g/mol. The van der Waals surface area contributed by atoms with Gasteiger partial charge in [0.25, 0.3) is 0 Å². The van der Waals surface area contributed by atoms with Gasteiger partial charge in [0.2, 0.25) is 11.8 Å². The van der Waals surface area contributed by atoms with Crippen molar-refractivity contribution in [2.45, 2.75) is 83.0 Å². The van der Waals surface area contributed by atoms with Crippen LogP contribution in [0.4, 0.5) is 0 Å². The fourth-order valence-corrected chi connectivity index (χ4v) is 4.13. The number of aromatic nitrogens is 3. The minimum absolute atomic E-state index is 0.100. The van der Waals surface area contributed by atoms with Crippen molar-refractivity contribution in [3.05, 3.63) is 35.1 Å². The Bertz CT molecular complexity index is 897. The molecular formula is C24H31N3O3. The normalized spacial score (nSPS) is 19.6. The number of aryl methyl sites for hydroxylation is 1. The molecule has 3 fully saturated rings. The summed E-state index contributed by atoms with van der Waals surface area (Å²) in [6, 6.07) is 3.96. The number of rotatable bonds is 12. The van der Waals surface area contributed by atoms with Gasteiger partial charge in [-0.05, 0) is 68.8 Å². The largest absolute Gasteiger partial charge is 0.477 e. The molecular weight excluding hydrogens is 378 g/mol. The van der Waals surface area contributed by atoms with Crippen molar-refractivity contribution in [3.63, 3.8) is 0 Å². The standard InChI is InChI=1S/C24H31N3O3/c1-15-25-23(27-30-15)19(13-16-5-6-16)3-2-4-22(28)21-12-11-20(18-9-10-18)24(26-21)29-14-17-7-8-17/h11-12,16-19H,2-10,13-14H2,1H3/t19-/m0/s1. The number of carbonyl (C=O) groups excluding carboxylic acids is 1. The smallest absolute Gasteiger partial charge is 0.223 e. The van der Waals surface area contributed by atoms with Gasteiger partial charge in [0, 0.05) is 24.8 Å². The van der Waals surface area contributed by atoms with Crippen LogP contribution in [0, 0.1) is 18.8 Å². The van der Waals surface area contributed by atoms with E-state index in [0.29, 0.717) is 35.7 Å². The van der Waals surface area contributed by atoms with Crippen molar-refractivity contribution < 1.29 is 14.1 Å². The molecule has 3 aliphatic carbocycles. The van der Waals surface area contributed by atoms with Crippen LogP contribution < -0.4 is 4.74 Å². The van der Waals surface area contributed by atoms with Gasteiger partial charge < -0.3 is 9.26 Å². The van der Waals surface area contributed by atoms with Crippen molar-refractivity contribution >= 4 is 5.78 Å². The number of Topliss-reactive ketones (excluding diaryl/α,β-unsaturated/α-hetero) is 1. The van der Waals surface area contributed by atoms with Crippen molar-refractivity contribution in [1.82, 2.24) is 15.1 Å². The summed E-state index contributed by atoms with van der Waals surface area (Å²) in [5.74, 6) is 4.52. The van der Waals surface area contributed by atoms with Crippen LogP contribution in [-0.2, 0) is 0 Å². The van der Waals surface area contributed by atoms with Crippen LogP contribution in [0.2, 0.25) is 0 Å². The fourth-order valence-electron chi connectivity index (χ4n) is 4.13. The van der Waals surface area contributed by atoms with Gasteiger partial charge in [-0.15, -0.1) is 0 Å². The molecule has 6 nitrogen and oxygen atoms in total. The Hall–Kier alpha value is -2.24. The Morgan fingerprint density at radius 3 is 2.60 bits per heavy atom. The molecule has 2 aromatic heterocycles. The molecule has 2 aromatic rings. The molecule has 0 aliphatic heterocycles. The zero-order valence-corrected chi connectivity index (χ0v) is 17.8. The summed E-state index contributed by atoms with van der Waals surface area (Å²) >= 11 is 0. The van der Waals surface area contributed by atoms with Crippen LogP contribution in [0.25, 0.3) is 0 Å². The third kappa shape index (κ3) is 5.08. The van der Waals surface area contributed by atoms with Crippen molar-refractivity contribution in [2.24, 2.45) is 11.8 Å². The first kappa shape index (κ1) is 19.7. The van der Waals surface area contributed by atoms with E-state index in [9.17, 15) is 4.79 Å². The molecule has 0 amide bonds. The van der Waals surface area contributed by atoms with E-state index in [2.05, 4.69) is 21.2 Å². The van der Waals surface area contributed by atoms with Crippen LogP contribution in [0.15, 0.2) is 16.7 Å². The van der Waals surface area contributed by atoms with E-state index < -0.39 is 0 Å². The van der Waals surface area contributed by atoms with Crippen LogP contribution in [0.3, 0.4) is 0 Å². The molecule has 3 aliphatic rings. The summed E-state index contributed by atoms with van der Waals surface area (Å²) in [4.78, 5) is 21.9. The van der Waals surface area contributed by atoms with E-state index in [1.807, 2.05) is 13.0 Å². The number of pyridine rings is 1. The van der Waals surface area contributed by atoms with Crippen molar-refractivity contribution in [1.29, 1.82) is 0 Å². The molecule has 0 spiro atoms. The van der Waals surface area contributed by atoms with Crippen LogP contribution in [0.5, 0.6) is 5.88 Å². The van der Waals surface area contributed by atoms with E-state index in [1.54, 1.807) is 0 Å². The highest BCUT2D eigenvalue weighted by atomic mass is 16.5. The molecule has 0 aromatic carbocycles. The molecule has 160 valence electrons. The molecule has 0 unspecified atom stereocenters. The summed E-state index contributed by atoms with van der Waals surface area (Å²) in [5.41, 5.74) is 1.73. The van der Waals surface area contributed by atoms with Crippen LogP contribution >= 0.6 is 0 Å². The maximum Gasteiger partial charge on any atom is 0.223 e. The summed E-state index contributed by atoms with van der Waals surface area (Å²) in [6.07, 6.45) is 10.8. The Morgan fingerprint density at radius 2 is 1.93 bits per heavy atom. The van der Waals surface area contributed by atoms with Gasteiger partial charge >= 0.3 is 0 Å². The predicted molar refractivity (Wildman–Crippen MR) is 112 cm³/mol. The maximum absolute atomic E-state index is 12.8. The van der Waals surface area contributed by atoms with Gasteiger partial charge in [-0.25, -0.2) is 4.98 Å². The Balaban J connectivity index is 1.19. The van der Waals surface area contributed by atoms with Crippen molar-refractivity contribution in [3.8, 4) is 5.88 Å². The lowest BCUT2D eigenvalue weighted by Gasteiger charge is -2.13. The van der Waals surface area contributed by atoms with Crippen molar-refractivity contribution in [2.75, 3.05) is 6.61 Å². The van der Waals surface area contributed by atoms with E-state index in [0.717, 1.165) is 37.6 Å². The highest BCUT2D eigenvalue weighted by molar-refractivity contribution is 5.94. The SMILES string of the molecule is Cc1nc([C@@H](CCCC(=O)c2ccc(C3CC3)c(OCC3CC3)n2)CC2CC2)no1. The second-order valence-electron chi connectivity index (χ2n) is 9.48. The second-order valence-corrected chi connectivity index (χ2v) is 9.48. The molecule has 0 saturated heterocycles. The van der Waals surface area contributed by atoms with Gasteiger partial charge in [-0.3, -0.25) is 4.79 Å². The number of ketones is 1. The molecule has 0 radical (unpaired) electrons. The van der Waals surface area contributed by atoms with E-state index >= 15 is 0 Å². The number of hydrogen-bond acceptors (Lipinski definition) is 6. The first-order valence-corrected chi connectivity index (χ1v) is 11.6. The van der Waals surface area contributed by atoms with Crippen LogP contribution in [0.1, 0.15) is 104 Å². The molecule has 30 heavy (non-hydrogen) atoms. The Kier molecular flexibility index (Phi) is 5.57. The highest BCUT2D eigenvalue weighted by Gasteiger charge is 2.31. The number of carbonyl (C=O) groups is 1. The van der Waals surface area contributed by atoms with Gasteiger partial charge in [-0.1, -0.05) is 24.1 Å². The van der Waals surface area contributed by atoms with Gasteiger partial charge in [0.15, 0.2) is 11.6 Å². The summed E-state index contributed by atoms with van der Waals surface area (Å²) in [5, 5.41) is 4.14. The lowest BCUT2D eigenvalue weighted by Crippen LogP contribution is -2.09. The quantitative estimate of drug-likeness (QED) is 0.438. The minimum atomic E-state index is 0.100. The molecule has 0 N–H and O–H groups in total. The maximum atomic E-state index is 12.8. The zero-order valence-electron chi connectivity index (χ0n) is 17.8. The van der Waals surface area contributed by atoms with Gasteiger partial charge in [0.1, 0.15) is 5.69 Å². The van der Waals surface area contributed by atoms with E-state index in [-0.39, 0.29) is 11.7 Å². The Morgan fingerprint density at radius 1 is 1.13 bits per heavy atom. The molecule has 6 heteroatoms.